The zero-order valence-electron chi connectivity index (χ0n) is 13.5. The third-order valence-electron chi connectivity index (χ3n) is 4.07. The number of benzene rings is 1. The van der Waals surface area contributed by atoms with Crippen molar-refractivity contribution in [2.24, 2.45) is 5.73 Å². The molecule has 1 saturated heterocycles. The van der Waals surface area contributed by atoms with E-state index < -0.39 is 6.04 Å². The Morgan fingerprint density at radius 1 is 1.28 bits per heavy atom. The molecule has 1 atom stereocenters. The highest BCUT2D eigenvalue weighted by molar-refractivity contribution is 5.89. The molecule has 3 rings (SSSR count). The molecule has 10 heteroatoms. The van der Waals surface area contributed by atoms with E-state index in [0.29, 0.717) is 25.3 Å². The van der Waals surface area contributed by atoms with E-state index in [1.807, 2.05) is 30.3 Å². The Bertz CT molecular complexity index is 695. The number of aromatic nitrogens is 4. The lowest BCUT2D eigenvalue weighted by Gasteiger charge is -2.40. The van der Waals surface area contributed by atoms with Crippen molar-refractivity contribution < 1.29 is 9.59 Å². The van der Waals surface area contributed by atoms with E-state index in [2.05, 4.69) is 20.6 Å². The molecule has 2 heterocycles. The molecule has 1 aliphatic heterocycles. The Morgan fingerprint density at radius 3 is 2.68 bits per heavy atom. The fraction of sp³-hybridized carbons (Fsp3) is 0.400. The number of tetrazole rings is 1. The first-order valence-electron chi connectivity index (χ1n) is 7.73. The van der Waals surface area contributed by atoms with Crippen LogP contribution in [-0.2, 0) is 22.6 Å². The summed E-state index contributed by atoms with van der Waals surface area (Å²) in [5.74, 6) is 0.0978. The number of piperazine rings is 1. The zero-order chi connectivity index (χ0) is 16.9. The van der Waals surface area contributed by atoms with E-state index in [9.17, 15) is 9.59 Å². The predicted octanol–water partition coefficient (Wildman–Crippen LogP) is -0.638. The van der Waals surface area contributed by atoms with E-state index in [1.54, 1.807) is 9.80 Å². The molecule has 2 aromatic rings. The van der Waals surface area contributed by atoms with Gasteiger partial charge in [-0.15, -0.1) is 22.6 Å². The van der Waals surface area contributed by atoms with E-state index in [1.165, 1.54) is 0 Å². The van der Waals surface area contributed by atoms with Gasteiger partial charge in [-0.25, -0.2) is 0 Å². The van der Waals surface area contributed by atoms with Crippen molar-refractivity contribution >= 4 is 24.2 Å². The monoisotopic (exact) mass is 365 g/mol. The van der Waals surface area contributed by atoms with Crippen molar-refractivity contribution in [3.8, 4) is 0 Å². The number of amides is 2. The van der Waals surface area contributed by atoms with Gasteiger partial charge in [0.25, 0.3) is 0 Å². The SMILES string of the molecule is Cl.NCC(=O)N1CCN(Cc2nn[nH]n2)C(=O)[C@@H]1Cc1ccccc1. The van der Waals surface area contributed by atoms with Crippen molar-refractivity contribution in [3.05, 3.63) is 41.7 Å². The van der Waals surface area contributed by atoms with Gasteiger partial charge in [0.1, 0.15) is 6.04 Å². The molecule has 2 amide bonds. The van der Waals surface area contributed by atoms with Gasteiger partial charge in [0.05, 0.1) is 13.1 Å². The maximum absolute atomic E-state index is 12.9. The number of carbonyl (C=O) groups is 2. The van der Waals surface area contributed by atoms with Gasteiger partial charge in [0.2, 0.25) is 11.8 Å². The van der Waals surface area contributed by atoms with Gasteiger partial charge in [-0.05, 0) is 5.56 Å². The number of H-pyrrole nitrogens is 1. The van der Waals surface area contributed by atoms with Crippen molar-refractivity contribution in [3.63, 3.8) is 0 Å². The topological polar surface area (TPSA) is 121 Å². The molecule has 0 saturated carbocycles. The first-order valence-corrected chi connectivity index (χ1v) is 7.73. The van der Waals surface area contributed by atoms with E-state index >= 15 is 0 Å². The van der Waals surface area contributed by atoms with Gasteiger partial charge in [-0.2, -0.15) is 5.21 Å². The lowest BCUT2D eigenvalue weighted by molar-refractivity contribution is -0.151. The number of hydrogen-bond acceptors (Lipinski definition) is 6. The van der Waals surface area contributed by atoms with Gasteiger partial charge in [0.15, 0.2) is 5.82 Å². The van der Waals surface area contributed by atoms with E-state index in [4.69, 9.17) is 5.73 Å². The van der Waals surface area contributed by atoms with Crippen LogP contribution in [0, 0.1) is 0 Å². The van der Waals surface area contributed by atoms with Crippen LogP contribution in [0.15, 0.2) is 30.3 Å². The van der Waals surface area contributed by atoms with Crippen LogP contribution in [0.4, 0.5) is 0 Å². The molecule has 1 aliphatic rings. The van der Waals surface area contributed by atoms with E-state index in [0.717, 1.165) is 5.56 Å². The average Bonchev–Trinajstić information content (AvgIpc) is 3.12. The van der Waals surface area contributed by atoms with Crippen LogP contribution >= 0.6 is 12.4 Å². The normalized spacial score (nSPS) is 17.3. The number of halogens is 1. The van der Waals surface area contributed by atoms with Gasteiger partial charge < -0.3 is 15.5 Å². The van der Waals surface area contributed by atoms with Crippen LogP contribution in [0.1, 0.15) is 11.4 Å². The first kappa shape index (κ1) is 18.8. The zero-order valence-corrected chi connectivity index (χ0v) is 14.4. The Morgan fingerprint density at radius 2 is 2.04 bits per heavy atom. The quantitative estimate of drug-likeness (QED) is 0.727. The molecule has 134 valence electrons. The molecule has 0 spiro atoms. The number of rotatable bonds is 5. The van der Waals surface area contributed by atoms with Crippen molar-refractivity contribution in [1.82, 2.24) is 30.4 Å². The molecule has 0 aliphatic carbocycles. The Balaban J connectivity index is 0.00000225. The highest BCUT2D eigenvalue weighted by Crippen LogP contribution is 2.18. The van der Waals surface area contributed by atoms with Crippen LogP contribution in [0.2, 0.25) is 0 Å². The number of nitrogens with zero attached hydrogens (tertiary/aromatic N) is 5. The fourth-order valence-electron chi connectivity index (χ4n) is 2.87. The minimum absolute atomic E-state index is 0. The van der Waals surface area contributed by atoms with Crippen LogP contribution in [0.3, 0.4) is 0 Å². The molecule has 3 N–H and O–H groups in total. The summed E-state index contributed by atoms with van der Waals surface area (Å²) in [6.07, 6.45) is 0.453. The van der Waals surface area contributed by atoms with Crippen LogP contribution in [0.25, 0.3) is 0 Å². The van der Waals surface area contributed by atoms with Crippen molar-refractivity contribution in [2.75, 3.05) is 19.6 Å². The van der Waals surface area contributed by atoms with Crippen LogP contribution in [0.5, 0.6) is 0 Å². The lowest BCUT2D eigenvalue weighted by atomic mass is 10.0. The first-order chi connectivity index (χ1) is 11.7. The molecule has 1 fully saturated rings. The molecule has 25 heavy (non-hydrogen) atoms. The summed E-state index contributed by atoms with van der Waals surface area (Å²) in [5, 5.41) is 13.6. The summed E-state index contributed by atoms with van der Waals surface area (Å²) >= 11 is 0. The maximum atomic E-state index is 12.9. The van der Waals surface area contributed by atoms with Gasteiger partial charge >= 0.3 is 0 Å². The smallest absolute Gasteiger partial charge is 0.246 e. The molecular weight excluding hydrogens is 346 g/mol. The summed E-state index contributed by atoms with van der Waals surface area (Å²) in [7, 11) is 0. The van der Waals surface area contributed by atoms with Gasteiger partial charge in [-0.1, -0.05) is 35.5 Å². The molecule has 9 nitrogen and oxygen atoms in total. The average molecular weight is 366 g/mol. The van der Waals surface area contributed by atoms with Crippen molar-refractivity contribution in [1.29, 1.82) is 0 Å². The second-order valence-corrected chi connectivity index (χ2v) is 5.58. The molecule has 0 unspecified atom stereocenters. The molecular formula is C15H20ClN7O2. The van der Waals surface area contributed by atoms with Crippen LogP contribution in [-0.4, -0.2) is 67.9 Å². The number of carbonyl (C=O) groups excluding carboxylic acids is 2. The molecule has 0 radical (unpaired) electrons. The Kier molecular flexibility index (Phi) is 6.43. The molecule has 0 bridgehead atoms. The summed E-state index contributed by atoms with van der Waals surface area (Å²) in [6.45, 7) is 1.02. The summed E-state index contributed by atoms with van der Waals surface area (Å²) in [6, 6.07) is 9.05. The van der Waals surface area contributed by atoms with Gasteiger partial charge in [-0.3, -0.25) is 9.59 Å². The summed E-state index contributed by atoms with van der Waals surface area (Å²) < 4.78 is 0. The van der Waals surface area contributed by atoms with E-state index in [-0.39, 0.29) is 37.3 Å². The molecule has 1 aromatic heterocycles. The predicted molar refractivity (Wildman–Crippen MR) is 91.5 cm³/mol. The van der Waals surface area contributed by atoms with Gasteiger partial charge in [0, 0.05) is 19.5 Å². The third-order valence-corrected chi connectivity index (χ3v) is 4.07. The highest BCUT2D eigenvalue weighted by Gasteiger charge is 2.37. The Hall–Kier alpha value is -2.52. The minimum Gasteiger partial charge on any atom is -0.331 e. The standard InChI is InChI=1S/C15H19N7O2.ClH/c16-9-14(23)22-7-6-21(10-13-17-19-20-18-13)15(24)12(22)8-11-4-2-1-3-5-11;/h1-5,12H,6-10,16H2,(H,17,18,19,20);1H/t12-;/m0./s1. The largest absolute Gasteiger partial charge is 0.331 e. The lowest BCUT2D eigenvalue weighted by Crippen LogP contribution is -2.60. The van der Waals surface area contributed by atoms with Crippen LogP contribution < -0.4 is 5.73 Å². The number of aromatic amines is 1. The number of nitrogens with one attached hydrogen (secondary N) is 1. The second kappa shape index (κ2) is 8.54. The summed E-state index contributed by atoms with van der Waals surface area (Å²) in [4.78, 5) is 28.2. The Labute approximate surface area is 151 Å². The maximum Gasteiger partial charge on any atom is 0.246 e. The second-order valence-electron chi connectivity index (χ2n) is 5.58. The number of hydrogen-bond donors (Lipinski definition) is 2. The highest BCUT2D eigenvalue weighted by atomic mass is 35.5. The molecule has 1 aromatic carbocycles. The number of nitrogens with two attached hydrogens (primary N) is 1. The minimum atomic E-state index is -0.566. The van der Waals surface area contributed by atoms with Crippen molar-refractivity contribution in [2.45, 2.75) is 19.0 Å². The summed E-state index contributed by atoms with van der Waals surface area (Å²) in [5.41, 5.74) is 6.49. The third kappa shape index (κ3) is 4.31. The fourth-order valence-corrected chi connectivity index (χ4v) is 2.87.